The number of anilines is 1. The van der Waals surface area contributed by atoms with E-state index in [1.165, 1.54) is 0 Å². The number of aromatic nitrogens is 3. The molecule has 0 aliphatic carbocycles. The average molecular weight is 287 g/mol. The van der Waals surface area contributed by atoms with E-state index in [0.717, 1.165) is 43.1 Å². The molecule has 6 heteroatoms. The van der Waals surface area contributed by atoms with E-state index in [9.17, 15) is 0 Å². The lowest BCUT2D eigenvalue weighted by Gasteiger charge is -2.33. The number of benzene rings is 1. The summed E-state index contributed by atoms with van der Waals surface area (Å²) in [5.41, 5.74) is 8.01. The fraction of sp³-hybridized carbons (Fsp3) is 0.467. The summed E-state index contributed by atoms with van der Waals surface area (Å²) < 4.78 is 7.60. The molecule has 1 saturated heterocycles. The molecule has 2 heterocycles. The summed E-state index contributed by atoms with van der Waals surface area (Å²) in [7, 11) is 1.85. The van der Waals surface area contributed by atoms with Gasteiger partial charge in [-0.1, -0.05) is 17.3 Å². The summed E-state index contributed by atoms with van der Waals surface area (Å²) >= 11 is 0. The molecule has 0 radical (unpaired) electrons. The zero-order valence-corrected chi connectivity index (χ0v) is 12.3. The Balaban J connectivity index is 1.72. The van der Waals surface area contributed by atoms with Crippen molar-refractivity contribution in [3.8, 4) is 5.75 Å². The highest BCUT2D eigenvalue weighted by atomic mass is 16.5. The summed E-state index contributed by atoms with van der Waals surface area (Å²) in [4.78, 5) is 2.31. The maximum Gasteiger partial charge on any atom is 0.143 e. The molecule has 0 saturated carbocycles. The van der Waals surface area contributed by atoms with Gasteiger partial charge >= 0.3 is 0 Å². The fourth-order valence-electron chi connectivity index (χ4n) is 2.68. The van der Waals surface area contributed by atoms with E-state index in [-0.39, 0.29) is 6.04 Å². The van der Waals surface area contributed by atoms with Gasteiger partial charge in [0.25, 0.3) is 0 Å². The highest BCUT2D eigenvalue weighted by molar-refractivity contribution is 5.58. The molecule has 1 fully saturated rings. The van der Waals surface area contributed by atoms with Crippen LogP contribution in [0.25, 0.3) is 0 Å². The van der Waals surface area contributed by atoms with Crippen molar-refractivity contribution in [3.05, 3.63) is 36.2 Å². The van der Waals surface area contributed by atoms with Crippen molar-refractivity contribution in [3.63, 3.8) is 0 Å². The van der Waals surface area contributed by atoms with Gasteiger partial charge in [-0.2, -0.15) is 0 Å². The first-order chi connectivity index (χ1) is 10.2. The van der Waals surface area contributed by atoms with Crippen LogP contribution in [0.1, 0.15) is 18.5 Å². The molecule has 3 rings (SSSR count). The SMILES string of the molecule is Cn1cc(COc2ccccc2N2CCCC(N)C2)nn1. The minimum absolute atomic E-state index is 0.242. The maximum atomic E-state index is 6.08. The lowest BCUT2D eigenvalue weighted by Crippen LogP contribution is -2.42. The lowest BCUT2D eigenvalue weighted by atomic mass is 10.1. The second-order valence-corrected chi connectivity index (χ2v) is 5.49. The largest absolute Gasteiger partial charge is 0.485 e. The van der Waals surface area contributed by atoms with Gasteiger partial charge in [0.05, 0.1) is 11.9 Å². The highest BCUT2D eigenvalue weighted by Gasteiger charge is 2.19. The van der Waals surface area contributed by atoms with Gasteiger partial charge in [-0.3, -0.25) is 4.68 Å². The van der Waals surface area contributed by atoms with Crippen LogP contribution < -0.4 is 15.4 Å². The van der Waals surface area contributed by atoms with E-state index >= 15 is 0 Å². The number of hydrogen-bond donors (Lipinski definition) is 1. The van der Waals surface area contributed by atoms with Gasteiger partial charge in [-0.05, 0) is 25.0 Å². The molecule has 1 aliphatic heterocycles. The van der Waals surface area contributed by atoms with Crippen LogP contribution in [0.2, 0.25) is 0 Å². The number of rotatable bonds is 4. The molecule has 2 N–H and O–H groups in total. The first-order valence-electron chi connectivity index (χ1n) is 7.30. The molecule has 1 unspecified atom stereocenters. The Morgan fingerprint density at radius 1 is 1.38 bits per heavy atom. The first kappa shape index (κ1) is 13.9. The number of hydrogen-bond acceptors (Lipinski definition) is 5. The van der Waals surface area contributed by atoms with E-state index in [4.69, 9.17) is 10.5 Å². The standard InChI is InChI=1S/C15H21N5O/c1-19-10-13(17-18-19)11-21-15-7-3-2-6-14(15)20-8-4-5-12(16)9-20/h2-3,6-7,10,12H,4-5,8-9,11,16H2,1H3. The fourth-order valence-corrected chi connectivity index (χ4v) is 2.68. The van der Waals surface area contributed by atoms with E-state index in [0.29, 0.717) is 6.61 Å². The molecular weight excluding hydrogens is 266 g/mol. The van der Waals surface area contributed by atoms with Crippen LogP contribution >= 0.6 is 0 Å². The molecule has 112 valence electrons. The van der Waals surface area contributed by atoms with E-state index in [1.54, 1.807) is 4.68 Å². The summed E-state index contributed by atoms with van der Waals surface area (Å²) in [6.07, 6.45) is 4.08. The summed E-state index contributed by atoms with van der Waals surface area (Å²) in [6, 6.07) is 8.34. The normalized spacial score (nSPS) is 18.8. The molecule has 1 aromatic carbocycles. The van der Waals surface area contributed by atoms with Crippen LogP contribution in [0.15, 0.2) is 30.5 Å². The Hall–Kier alpha value is -2.08. The van der Waals surface area contributed by atoms with E-state index < -0.39 is 0 Å². The van der Waals surface area contributed by atoms with Crippen LogP contribution in [-0.2, 0) is 13.7 Å². The first-order valence-corrected chi connectivity index (χ1v) is 7.30. The van der Waals surface area contributed by atoms with Crippen molar-refractivity contribution in [2.45, 2.75) is 25.5 Å². The zero-order chi connectivity index (χ0) is 14.7. The molecule has 6 nitrogen and oxygen atoms in total. The third-order valence-electron chi connectivity index (χ3n) is 3.69. The van der Waals surface area contributed by atoms with Crippen LogP contribution in [0, 0.1) is 0 Å². The van der Waals surface area contributed by atoms with Crippen molar-refractivity contribution < 1.29 is 4.74 Å². The number of aryl methyl sites for hydroxylation is 1. The van der Waals surface area contributed by atoms with Crippen molar-refractivity contribution in [2.24, 2.45) is 12.8 Å². The van der Waals surface area contributed by atoms with Gasteiger partial charge in [0.1, 0.15) is 18.1 Å². The van der Waals surface area contributed by atoms with E-state index in [2.05, 4.69) is 21.3 Å². The molecule has 1 atom stereocenters. The quantitative estimate of drug-likeness (QED) is 0.918. The van der Waals surface area contributed by atoms with Crippen molar-refractivity contribution >= 4 is 5.69 Å². The summed E-state index contributed by atoms with van der Waals surface area (Å²) in [5.74, 6) is 0.872. The minimum atomic E-state index is 0.242. The molecule has 0 bridgehead atoms. The van der Waals surface area contributed by atoms with Crippen LogP contribution in [0.5, 0.6) is 5.75 Å². The van der Waals surface area contributed by atoms with Gasteiger partial charge in [-0.25, -0.2) is 0 Å². The van der Waals surface area contributed by atoms with Crippen LogP contribution in [0.3, 0.4) is 0 Å². The molecule has 21 heavy (non-hydrogen) atoms. The Labute approximate surface area is 124 Å². The summed E-state index contributed by atoms with van der Waals surface area (Å²) in [6.45, 7) is 2.33. The summed E-state index contributed by atoms with van der Waals surface area (Å²) in [5, 5.41) is 7.95. The van der Waals surface area contributed by atoms with E-state index in [1.807, 2.05) is 31.4 Å². The molecule has 1 aromatic heterocycles. The second-order valence-electron chi connectivity index (χ2n) is 5.49. The van der Waals surface area contributed by atoms with Gasteiger partial charge in [-0.15, -0.1) is 5.10 Å². The number of para-hydroxylation sites is 2. The third kappa shape index (κ3) is 3.33. The van der Waals surface area contributed by atoms with Crippen molar-refractivity contribution in [2.75, 3.05) is 18.0 Å². The molecule has 0 amide bonds. The van der Waals surface area contributed by atoms with Crippen LogP contribution in [0.4, 0.5) is 5.69 Å². The van der Waals surface area contributed by atoms with Gasteiger partial charge in [0, 0.05) is 26.2 Å². The number of piperidine rings is 1. The Morgan fingerprint density at radius 3 is 3.00 bits per heavy atom. The van der Waals surface area contributed by atoms with Crippen LogP contribution in [-0.4, -0.2) is 34.1 Å². The smallest absolute Gasteiger partial charge is 0.143 e. The lowest BCUT2D eigenvalue weighted by molar-refractivity contribution is 0.300. The molecule has 1 aliphatic rings. The second kappa shape index (κ2) is 6.13. The number of nitrogens with two attached hydrogens (primary N) is 1. The molecule has 2 aromatic rings. The topological polar surface area (TPSA) is 69.2 Å². The third-order valence-corrected chi connectivity index (χ3v) is 3.69. The predicted molar refractivity (Wildman–Crippen MR) is 81.2 cm³/mol. The van der Waals surface area contributed by atoms with Gasteiger partial charge in [0.2, 0.25) is 0 Å². The zero-order valence-electron chi connectivity index (χ0n) is 12.3. The minimum Gasteiger partial charge on any atom is -0.485 e. The van der Waals surface area contributed by atoms with Gasteiger partial charge in [0.15, 0.2) is 0 Å². The predicted octanol–water partition coefficient (Wildman–Crippen LogP) is 1.32. The molecular formula is C15H21N5O. The van der Waals surface area contributed by atoms with Crippen molar-refractivity contribution in [1.29, 1.82) is 0 Å². The number of nitrogens with zero attached hydrogens (tertiary/aromatic N) is 4. The van der Waals surface area contributed by atoms with Gasteiger partial charge < -0.3 is 15.4 Å². The Kier molecular flexibility index (Phi) is 4.06. The highest BCUT2D eigenvalue weighted by Crippen LogP contribution is 2.30. The Bertz CT molecular complexity index is 597. The number of ether oxygens (including phenoxy) is 1. The Morgan fingerprint density at radius 2 is 2.24 bits per heavy atom. The maximum absolute atomic E-state index is 6.08. The molecule has 0 spiro atoms. The monoisotopic (exact) mass is 287 g/mol. The average Bonchev–Trinajstić information content (AvgIpc) is 2.91. The van der Waals surface area contributed by atoms with Crippen molar-refractivity contribution in [1.82, 2.24) is 15.0 Å².